The summed E-state index contributed by atoms with van der Waals surface area (Å²) >= 11 is 5.27. The molecule has 0 aliphatic heterocycles. The summed E-state index contributed by atoms with van der Waals surface area (Å²) in [7, 11) is 0. The molecule has 1 atom stereocenters. The number of para-hydroxylation sites is 1. The molecule has 0 saturated heterocycles. The van der Waals surface area contributed by atoms with Gasteiger partial charge in [0.15, 0.2) is 0 Å². The van der Waals surface area contributed by atoms with Gasteiger partial charge in [-0.1, -0.05) is 40.2 Å². The number of fused-ring (bicyclic) bond motifs is 1. The quantitative estimate of drug-likeness (QED) is 0.725. The molecule has 0 radical (unpaired) electrons. The number of nitrogens with zero attached hydrogens (tertiary/aromatic N) is 1. The second kappa shape index (κ2) is 6.04. The van der Waals surface area contributed by atoms with E-state index < -0.39 is 0 Å². The first-order valence-corrected chi connectivity index (χ1v) is 8.16. The number of rotatable bonds is 4. The van der Waals surface area contributed by atoms with E-state index in [1.165, 1.54) is 10.3 Å². The molecule has 3 rings (SSSR count). The number of halogens is 1. The van der Waals surface area contributed by atoms with Gasteiger partial charge in [0.1, 0.15) is 5.01 Å². The minimum absolute atomic E-state index is 0.305. The monoisotopic (exact) mass is 346 g/mol. The normalized spacial score (nSPS) is 12.7. The summed E-state index contributed by atoms with van der Waals surface area (Å²) in [4.78, 5) is 4.64. The van der Waals surface area contributed by atoms with Crippen molar-refractivity contribution in [1.82, 2.24) is 10.3 Å². The van der Waals surface area contributed by atoms with E-state index in [2.05, 4.69) is 69.6 Å². The Morgan fingerprint density at radius 2 is 2.05 bits per heavy atom. The van der Waals surface area contributed by atoms with Crippen molar-refractivity contribution in [3.05, 3.63) is 63.6 Å². The number of nitrogens with one attached hydrogen (secondary N) is 1. The summed E-state index contributed by atoms with van der Waals surface area (Å²) in [6.45, 7) is 2.97. The van der Waals surface area contributed by atoms with Crippen molar-refractivity contribution in [2.24, 2.45) is 0 Å². The number of hydrogen-bond acceptors (Lipinski definition) is 3. The highest BCUT2D eigenvalue weighted by Crippen LogP contribution is 2.23. The minimum atomic E-state index is 0.305. The van der Waals surface area contributed by atoms with Gasteiger partial charge in [-0.05, 0) is 36.8 Å². The Kier molecular flexibility index (Phi) is 4.15. The lowest BCUT2D eigenvalue weighted by molar-refractivity contribution is 0.573. The molecule has 0 saturated carbocycles. The van der Waals surface area contributed by atoms with Crippen LogP contribution in [0.5, 0.6) is 0 Å². The predicted molar refractivity (Wildman–Crippen MR) is 89.0 cm³/mol. The molecule has 20 heavy (non-hydrogen) atoms. The van der Waals surface area contributed by atoms with E-state index >= 15 is 0 Å². The molecule has 0 aliphatic carbocycles. The van der Waals surface area contributed by atoms with Crippen LogP contribution in [0.3, 0.4) is 0 Å². The smallest absolute Gasteiger partial charge is 0.108 e. The molecule has 1 aromatic heterocycles. The lowest BCUT2D eigenvalue weighted by atomic mass is 10.1. The molecular weight excluding hydrogens is 332 g/mol. The van der Waals surface area contributed by atoms with Crippen LogP contribution in [-0.2, 0) is 6.54 Å². The number of hydrogen-bond donors (Lipinski definition) is 1. The van der Waals surface area contributed by atoms with Crippen LogP contribution in [0.4, 0.5) is 0 Å². The lowest BCUT2D eigenvalue weighted by Crippen LogP contribution is -2.17. The standard InChI is InChI=1S/C16H15BrN2S/c1-11(12-5-4-6-13(17)9-12)18-10-16-19-14-7-2-3-8-15(14)20-16/h2-9,11,18H,10H2,1H3/t11-/m0/s1. The zero-order valence-corrected chi connectivity index (χ0v) is 13.5. The van der Waals surface area contributed by atoms with E-state index in [1.54, 1.807) is 11.3 Å². The van der Waals surface area contributed by atoms with Gasteiger partial charge in [-0.25, -0.2) is 4.98 Å². The van der Waals surface area contributed by atoms with E-state index in [0.29, 0.717) is 6.04 Å². The third-order valence-electron chi connectivity index (χ3n) is 3.25. The Labute approximate surface area is 131 Å². The first-order valence-electron chi connectivity index (χ1n) is 6.55. The van der Waals surface area contributed by atoms with E-state index in [9.17, 15) is 0 Å². The molecule has 102 valence electrons. The molecule has 0 amide bonds. The van der Waals surface area contributed by atoms with Crippen LogP contribution in [0.2, 0.25) is 0 Å². The van der Waals surface area contributed by atoms with Crippen molar-refractivity contribution in [1.29, 1.82) is 0 Å². The van der Waals surface area contributed by atoms with Crippen LogP contribution in [-0.4, -0.2) is 4.98 Å². The van der Waals surface area contributed by atoms with Crippen molar-refractivity contribution >= 4 is 37.5 Å². The van der Waals surface area contributed by atoms with Gasteiger partial charge in [0.2, 0.25) is 0 Å². The molecule has 0 unspecified atom stereocenters. The molecule has 2 nitrogen and oxygen atoms in total. The average molecular weight is 347 g/mol. The summed E-state index contributed by atoms with van der Waals surface area (Å²) in [6.07, 6.45) is 0. The van der Waals surface area contributed by atoms with Gasteiger partial charge in [0, 0.05) is 17.1 Å². The highest BCUT2D eigenvalue weighted by Gasteiger charge is 2.07. The fourth-order valence-corrected chi connectivity index (χ4v) is 3.46. The maximum atomic E-state index is 4.64. The Morgan fingerprint density at radius 1 is 1.20 bits per heavy atom. The van der Waals surface area contributed by atoms with E-state index in [-0.39, 0.29) is 0 Å². The van der Waals surface area contributed by atoms with Crippen molar-refractivity contribution in [3.8, 4) is 0 Å². The first kappa shape index (κ1) is 13.7. The molecule has 0 bridgehead atoms. The summed E-state index contributed by atoms with van der Waals surface area (Å²) in [5.41, 5.74) is 2.37. The van der Waals surface area contributed by atoms with Gasteiger partial charge < -0.3 is 5.32 Å². The Hall–Kier alpha value is -1.23. The minimum Gasteiger partial charge on any atom is -0.304 e. The predicted octanol–water partition coefficient (Wildman–Crippen LogP) is 4.91. The third-order valence-corrected chi connectivity index (χ3v) is 4.78. The SMILES string of the molecule is C[C@H](NCc1nc2ccccc2s1)c1cccc(Br)c1. The van der Waals surface area contributed by atoms with Crippen molar-refractivity contribution in [2.75, 3.05) is 0 Å². The average Bonchev–Trinajstić information content (AvgIpc) is 2.87. The van der Waals surface area contributed by atoms with Gasteiger partial charge in [0.25, 0.3) is 0 Å². The van der Waals surface area contributed by atoms with Gasteiger partial charge in [-0.3, -0.25) is 0 Å². The van der Waals surface area contributed by atoms with Gasteiger partial charge >= 0.3 is 0 Å². The second-order valence-corrected chi connectivity index (χ2v) is 6.76. The first-order chi connectivity index (χ1) is 9.72. The largest absolute Gasteiger partial charge is 0.304 e. The van der Waals surface area contributed by atoms with E-state index in [1.807, 2.05) is 12.1 Å². The van der Waals surface area contributed by atoms with Gasteiger partial charge in [-0.2, -0.15) is 0 Å². The van der Waals surface area contributed by atoms with Gasteiger partial charge in [-0.15, -0.1) is 11.3 Å². The highest BCUT2D eigenvalue weighted by atomic mass is 79.9. The molecule has 4 heteroatoms. The molecule has 0 spiro atoms. The van der Waals surface area contributed by atoms with Crippen LogP contribution in [0.25, 0.3) is 10.2 Å². The van der Waals surface area contributed by atoms with Crippen LogP contribution >= 0.6 is 27.3 Å². The molecule has 0 fully saturated rings. The zero-order chi connectivity index (χ0) is 13.9. The Balaban J connectivity index is 1.69. The second-order valence-electron chi connectivity index (χ2n) is 4.73. The zero-order valence-electron chi connectivity index (χ0n) is 11.1. The van der Waals surface area contributed by atoms with Crippen molar-refractivity contribution in [3.63, 3.8) is 0 Å². The molecule has 0 aliphatic rings. The summed E-state index contributed by atoms with van der Waals surface area (Å²) < 4.78 is 2.36. The van der Waals surface area contributed by atoms with Crippen LogP contribution in [0.1, 0.15) is 23.5 Å². The Bertz CT molecular complexity index is 690. The fourth-order valence-electron chi connectivity index (χ4n) is 2.13. The molecule has 1 N–H and O–H groups in total. The maximum Gasteiger partial charge on any atom is 0.108 e. The third kappa shape index (κ3) is 3.08. The number of benzene rings is 2. The molecule has 1 heterocycles. The number of thiazole rings is 1. The van der Waals surface area contributed by atoms with Crippen LogP contribution in [0, 0.1) is 0 Å². The van der Waals surface area contributed by atoms with Crippen LogP contribution < -0.4 is 5.32 Å². The van der Waals surface area contributed by atoms with Crippen molar-refractivity contribution in [2.45, 2.75) is 19.5 Å². The lowest BCUT2D eigenvalue weighted by Gasteiger charge is -2.13. The summed E-state index contributed by atoms with van der Waals surface area (Å²) in [5, 5.41) is 4.66. The topological polar surface area (TPSA) is 24.9 Å². The Morgan fingerprint density at radius 3 is 2.85 bits per heavy atom. The number of aromatic nitrogens is 1. The molecule has 2 aromatic carbocycles. The highest BCUT2D eigenvalue weighted by molar-refractivity contribution is 9.10. The molecule has 3 aromatic rings. The molecular formula is C16H15BrN2S. The van der Waals surface area contributed by atoms with E-state index in [4.69, 9.17) is 0 Å². The van der Waals surface area contributed by atoms with E-state index in [0.717, 1.165) is 21.5 Å². The summed E-state index contributed by atoms with van der Waals surface area (Å²) in [5.74, 6) is 0. The van der Waals surface area contributed by atoms with Crippen LogP contribution in [0.15, 0.2) is 53.0 Å². The van der Waals surface area contributed by atoms with Gasteiger partial charge in [0.05, 0.1) is 10.2 Å². The summed E-state index contributed by atoms with van der Waals surface area (Å²) in [6, 6.07) is 17.0. The maximum absolute atomic E-state index is 4.64. The van der Waals surface area contributed by atoms with Crippen molar-refractivity contribution < 1.29 is 0 Å². The fraction of sp³-hybridized carbons (Fsp3) is 0.188.